The van der Waals surface area contributed by atoms with Gasteiger partial charge in [0.1, 0.15) is 30.4 Å². The number of ether oxygens (including phenoxy) is 3. The zero-order valence-electron chi connectivity index (χ0n) is 16.7. The Morgan fingerprint density at radius 3 is 2.45 bits per heavy atom. The van der Waals surface area contributed by atoms with Crippen LogP contribution in [0.1, 0.15) is 10.5 Å². The van der Waals surface area contributed by atoms with E-state index in [-0.39, 0.29) is 11.6 Å². The summed E-state index contributed by atoms with van der Waals surface area (Å²) in [6.45, 7) is 0.975. The summed E-state index contributed by atoms with van der Waals surface area (Å²) in [5, 5.41) is 8.03. The van der Waals surface area contributed by atoms with Gasteiger partial charge < -0.3 is 30.2 Å². The fraction of sp³-hybridized carbons (Fsp3) is 0.136. The minimum atomic E-state index is -0.417. The van der Waals surface area contributed by atoms with Crippen LogP contribution < -0.4 is 30.2 Å². The van der Waals surface area contributed by atoms with E-state index in [2.05, 4.69) is 20.9 Å². The van der Waals surface area contributed by atoms with Gasteiger partial charge in [0.25, 0.3) is 5.91 Å². The van der Waals surface area contributed by atoms with Crippen molar-refractivity contribution >= 4 is 23.3 Å². The third kappa shape index (κ3) is 5.02. The number of amides is 3. The first-order valence-electron chi connectivity index (χ1n) is 9.54. The van der Waals surface area contributed by atoms with Crippen molar-refractivity contribution in [2.75, 3.05) is 30.9 Å². The monoisotopic (exact) mass is 420 g/mol. The summed E-state index contributed by atoms with van der Waals surface area (Å²) >= 11 is 0. The van der Waals surface area contributed by atoms with Crippen molar-refractivity contribution < 1.29 is 23.8 Å². The van der Waals surface area contributed by atoms with E-state index in [0.29, 0.717) is 47.6 Å². The standard InChI is InChI=1S/C22H20N4O5/c1-23-21(27)18-13-17(7-8-24-18)31-16-4-2-3-14(11-16)25-22(28)26-15-5-6-19-20(12-15)30-10-9-29-19/h2-8,11-13H,9-10H2,1H3,(H,23,27)(H2,25,26,28). The summed E-state index contributed by atoms with van der Waals surface area (Å²) in [5.41, 5.74) is 1.36. The predicted octanol–water partition coefficient (Wildman–Crippen LogP) is 3.65. The van der Waals surface area contributed by atoms with Gasteiger partial charge in [-0.15, -0.1) is 0 Å². The summed E-state index contributed by atoms with van der Waals surface area (Å²) in [4.78, 5) is 28.1. The number of pyridine rings is 1. The summed E-state index contributed by atoms with van der Waals surface area (Å²) in [6.07, 6.45) is 1.49. The second kappa shape index (κ2) is 9.04. The molecule has 0 atom stereocenters. The maximum atomic E-state index is 12.4. The van der Waals surface area contributed by atoms with Gasteiger partial charge in [-0.1, -0.05) is 6.07 Å². The zero-order valence-corrected chi connectivity index (χ0v) is 16.7. The highest BCUT2D eigenvalue weighted by Crippen LogP contribution is 2.32. The first-order chi connectivity index (χ1) is 15.1. The second-order valence-electron chi connectivity index (χ2n) is 6.52. The van der Waals surface area contributed by atoms with Crippen LogP contribution in [0.4, 0.5) is 16.2 Å². The van der Waals surface area contributed by atoms with E-state index in [1.807, 2.05) is 0 Å². The molecule has 0 fully saturated rings. The number of urea groups is 1. The predicted molar refractivity (Wildman–Crippen MR) is 114 cm³/mol. The molecule has 0 bridgehead atoms. The lowest BCUT2D eigenvalue weighted by Crippen LogP contribution is -2.20. The molecular formula is C22H20N4O5. The molecular weight excluding hydrogens is 400 g/mol. The molecule has 1 aromatic heterocycles. The van der Waals surface area contributed by atoms with Crippen molar-refractivity contribution in [2.24, 2.45) is 0 Å². The van der Waals surface area contributed by atoms with E-state index in [0.717, 1.165) is 0 Å². The molecule has 2 aromatic carbocycles. The Balaban J connectivity index is 1.40. The van der Waals surface area contributed by atoms with Gasteiger partial charge in [-0.25, -0.2) is 4.79 Å². The molecule has 0 saturated carbocycles. The fourth-order valence-electron chi connectivity index (χ4n) is 2.91. The van der Waals surface area contributed by atoms with Crippen molar-refractivity contribution in [1.29, 1.82) is 0 Å². The number of benzene rings is 2. The molecule has 158 valence electrons. The molecule has 1 aliphatic heterocycles. The number of aromatic nitrogens is 1. The van der Waals surface area contributed by atoms with Crippen molar-refractivity contribution in [1.82, 2.24) is 10.3 Å². The van der Waals surface area contributed by atoms with Crippen LogP contribution in [-0.4, -0.2) is 37.2 Å². The topological polar surface area (TPSA) is 111 Å². The number of nitrogens with one attached hydrogen (secondary N) is 3. The summed E-state index contributed by atoms with van der Waals surface area (Å²) in [5.74, 6) is 1.88. The Morgan fingerprint density at radius 2 is 1.65 bits per heavy atom. The van der Waals surface area contributed by atoms with Crippen molar-refractivity contribution in [3.63, 3.8) is 0 Å². The van der Waals surface area contributed by atoms with Crippen LogP contribution in [0, 0.1) is 0 Å². The number of anilines is 2. The lowest BCUT2D eigenvalue weighted by molar-refractivity contribution is 0.0958. The van der Waals surface area contributed by atoms with E-state index in [1.54, 1.807) is 48.5 Å². The third-order valence-electron chi connectivity index (χ3n) is 4.32. The quantitative estimate of drug-likeness (QED) is 0.581. The van der Waals surface area contributed by atoms with E-state index in [4.69, 9.17) is 14.2 Å². The molecule has 3 amide bonds. The molecule has 9 nitrogen and oxygen atoms in total. The van der Waals surface area contributed by atoms with Crippen LogP contribution in [0.15, 0.2) is 60.8 Å². The lowest BCUT2D eigenvalue weighted by Gasteiger charge is -2.19. The lowest BCUT2D eigenvalue weighted by atomic mass is 10.2. The Kier molecular flexibility index (Phi) is 5.84. The number of fused-ring (bicyclic) bond motifs is 1. The highest BCUT2D eigenvalue weighted by molar-refractivity contribution is 6.00. The second-order valence-corrected chi connectivity index (χ2v) is 6.52. The van der Waals surface area contributed by atoms with Crippen LogP contribution in [0.25, 0.3) is 0 Å². The minimum absolute atomic E-state index is 0.244. The molecule has 2 heterocycles. The molecule has 0 spiro atoms. The summed E-state index contributed by atoms with van der Waals surface area (Å²) in [7, 11) is 1.53. The number of hydrogen-bond donors (Lipinski definition) is 3. The third-order valence-corrected chi connectivity index (χ3v) is 4.32. The van der Waals surface area contributed by atoms with Crippen LogP contribution in [0.3, 0.4) is 0 Å². The largest absolute Gasteiger partial charge is 0.486 e. The molecule has 0 aliphatic carbocycles. The van der Waals surface area contributed by atoms with Crippen molar-refractivity contribution in [2.45, 2.75) is 0 Å². The molecule has 31 heavy (non-hydrogen) atoms. The number of carbonyl (C=O) groups excluding carboxylic acids is 2. The van der Waals surface area contributed by atoms with Gasteiger partial charge in [0.2, 0.25) is 0 Å². The summed E-state index contributed by atoms with van der Waals surface area (Å²) in [6, 6.07) is 14.8. The van der Waals surface area contributed by atoms with Gasteiger partial charge in [-0.05, 0) is 30.3 Å². The SMILES string of the molecule is CNC(=O)c1cc(Oc2cccc(NC(=O)Nc3ccc4c(c3)OCCO4)c2)ccn1. The van der Waals surface area contributed by atoms with Crippen molar-refractivity contribution in [3.05, 3.63) is 66.5 Å². The average molecular weight is 420 g/mol. The molecule has 0 radical (unpaired) electrons. The van der Waals surface area contributed by atoms with E-state index in [1.165, 1.54) is 19.3 Å². The number of rotatable bonds is 5. The normalized spacial score (nSPS) is 11.9. The van der Waals surface area contributed by atoms with E-state index < -0.39 is 6.03 Å². The molecule has 1 aliphatic rings. The first-order valence-corrected chi connectivity index (χ1v) is 9.54. The van der Waals surface area contributed by atoms with Gasteiger partial charge in [0, 0.05) is 42.8 Å². The van der Waals surface area contributed by atoms with E-state index in [9.17, 15) is 9.59 Å². The maximum absolute atomic E-state index is 12.4. The van der Waals surface area contributed by atoms with Crippen LogP contribution in [0.5, 0.6) is 23.0 Å². The summed E-state index contributed by atoms with van der Waals surface area (Å²) < 4.78 is 16.8. The van der Waals surface area contributed by atoms with Crippen molar-refractivity contribution in [3.8, 4) is 23.0 Å². The van der Waals surface area contributed by atoms with Gasteiger partial charge in [-0.3, -0.25) is 9.78 Å². The van der Waals surface area contributed by atoms with Crippen LogP contribution >= 0.6 is 0 Å². The number of carbonyl (C=O) groups is 2. The van der Waals surface area contributed by atoms with Gasteiger partial charge in [0.15, 0.2) is 11.5 Å². The molecule has 9 heteroatoms. The zero-order chi connectivity index (χ0) is 21.6. The highest BCUT2D eigenvalue weighted by Gasteiger charge is 2.13. The number of hydrogen-bond acceptors (Lipinski definition) is 6. The van der Waals surface area contributed by atoms with Gasteiger partial charge in [-0.2, -0.15) is 0 Å². The van der Waals surface area contributed by atoms with Gasteiger partial charge in [0.05, 0.1) is 0 Å². The Morgan fingerprint density at radius 1 is 0.903 bits per heavy atom. The highest BCUT2D eigenvalue weighted by atomic mass is 16.6. The Bertz CT molecular complexity index is 1120. The van der Waals surface area contributed by atoms with Gasteiger partial charge >= 0.3 is 6.03 Å². The molecule has 0 unspecified atom stereocenters. The van der Waals surface area contributed by atoms with Crippen LogP contribution in [0.2, 0.25) is 0 Å². The minimum Gasteiger partial charge on any atom is -0.486 e. The number of nitrogens with zero attached hydrogens (tertiary/aromatic N) is 1. The maximum Gasteiger partial charge on any atom is 0.323 e. The average Bonchev–Trinajstić information content (AvgIpc) is 2.79. The molecule has 3 N–H and O–H groups in total. The Labute approximate surface area is 178 Å². The smallest absolute Gasteiger partial charge is 0.323 e. The molecule has 0 saturated heterocycles. The fourth-order valence-corrected chi connectivity index (χ4v) is 2.91. The van der Waals surface area contributed by atoms with Crippen LogP contribution in [-0.2, 0) is 0 Å². The first kappa shape index (κ1) is 20.0. The molecule has 4 rings (SSSR count). The van der Waals surface area contributed by atoms with E-state index >= 15 is 0 Å². The Hall–Kier alpha value is -4.27. The molecule has 3 aromatic rings.